The molecule has 1 N–H and O–H groups in total. The number of hydrogen-bond donors (Lipinski definition) is 1. The Kier molecular flexibility index (Phi) is 6.08. The Morgan fingerprint density at radius 2 is 1.96 bits per heavy atom. The molecule has 1 atom stereocenters. The third-order valence-electron chi connectivity index (χ3n) is 4.45. The summed E-state index contributed by atoms with van der Waals surface area (Å²) < 4.78 is 8.10. The molecule has 1 heterocycles. The van der Waals surface area contributed by atoms with Crippen LogP contribution in [0.25, 0.3) is 11.0 Å². The molecule has 0 aliphatic carbocycles. The van der Waals surface area contributed by atoms with Crippen LogP contribution in [0.15, 0.2) is 61.2 Å². The van der Waals surface area contributed by atoms with E-state index in [1.807, 2.05) is 48.5 Å². The molecule has 0 aliphatic rings. The molecular weight excluding hydrogens is 324 g/mol. The Labute approximate surface area is 154 Å². The molecule has 0 unspecified atom stereocenters. The summed E-state index contributed by atoms with van der Waals surface area (Å²) >= 11 is 0. The number of para-hydroxylation sites is 3. The minimum absolute atomic E-state index is 0.514. The van der Waals surface area contributed by atoms with Gasteiger partial charge in [-0.25, -0.2) is 4.98 Å². The van der Waals surface area contributed by atoms with Crippen LogP contribution in [0, 0.1) is 0 Å². The van der Waals surface area contributed by atoms with Gasteiger partial charge in [-0.1, -0.05) is 49.8 Å². The minimum atomic E-state index is -0.555. The molecule has 0 radical (unpaired) electrons. The van der Waals surface area contributed by atoms with Gasteiger partial charge in [-0.05, 0) is 36.6 Å². The molecule has 0 saturated carbocycles. The van der Waals surface area contributed by atoms with Crippen molar-refractivity contribution < 1.29 is 9.84 Å². The summed E-state index contributed by atoms with van der Waals surface area (Å²) in [6.07, 6.45) is 3.72. The topological polar surface area (TPSA) is 47.3 Å². The average molecular weight is 350 g/mol. The highest BCUT2D eigenvalue weighted by atomic mass is 16.5. The van der Waals surface area contributed by atoms with Crippen molar-refractivity contribution in [2.45, 2.75) is 38.8 Å². The van der Waals surface area contributed by atoms with Crippen LogP contribution in [0.5, 0.6) is 5.75 Å². The zero-order chi connectivity index (χ0) is 18.4. The highest BCUT2D eigenvalue weighted by Gasteiger charge is 2.17. The smallest absolute Gasteiger partial charge is 0.138 e. The van der Waals surface area contributed by atoms with E-state index in [1.165, 1.54) is 0 Å². The number of aromatic nitrogens is 2. The molecule has 2 aromatic carbocycles. The lowest BCUT2D eigenvalue weighted by Crippen LogP contribution is -2.14. The second-order valence-corrected chi connectivity index (χ2v) is 6.36. The van der Waals surface area contributed by atoms with Gasteiger partial charge in [-0.2, -0.15) is 0 Å². The lowest BCUT2D eigenvalue weighted by atomic mass is 10.1. The van der Waals surface area contributed by atoms with Crippen LogP contribution in [-0.4, -0.2) is 21.3 Å². The summed E-state index contributed by atoms with van der Waals surface area (Å²) in [6, 6.07) is 16.0. The van der Waals surface area contributed by atoms with E-state index in [2.05, 4.69) is 29.1 Å². The van der Waals surface area contributed by atoms with Gasteiger partial charge in [0.05, 0.1) is 17.6 Å². The lowest BCUT2D eigenvalue weighted by molar-refractivity contribution is 0.151. The number of imidazole rings is 1. The summed E-state index contributed by atoms with van der Waals surface area (Å²) in [7, 11) is 0. The number of fused-ring (bicyclic) bond motifs is 1. The van der Waals surface area contributed by atoms with Gasteiger partial charge < -0.3 is 14.4 Å². The number of hydrogen-bond acceptors (Lipinski definition) is 3. The van der Waals surface area contributed by atoms with Gasteiger partial charge in [0, 0.05) is 0 Å². The molecule has 4 nitrogen and oxygen atoms in total. The molecule has 4 heteroatoms. The number of nitrogens with zero attached hydrogens (tertiary/aromatic N) is 2. The zero-order valence-corrected chi connectivity index (χ0v) is 15.3. The molecule has 0 amide bonds. The molecule has 3 rings (SSSR count). The average Bonchev–Trinajstić information content (AvgIpc) is 3.02. The quantitative estimate of drug-likeness (QED) is 0.570. The molecule has 0 spiro atoms. The van der Waals surface area contributed by atoms with Crippen LogP contribution in [0.3, 0.4) is 0 Å². The van der Waals surface area contributed by atoms with E-state index in [0.29, 0.717) is 19.6 Å². The highest BCUT2D eigenvalue weighted by Crippen LogP contribution is 2.24. The molecule has 26 heavy (non-hydrogen) atoms. The Bertz CT molecular complexity index is 869. The van der Waals surface area contributed by atoms with E-state index in [0.717, 1.165) is 41.0 Å². The maximum Gasteiger partial charge on any atom is 0.138 e. The predicted molar refractivity (Wildman–Crippen MR) is 105 cm³/mol. The fourth-order valence-electron chi connectivity index (χ4n) is 3.20. The second kappa shape index (κ2) is 8.68. The summed E-state index contributed by atoms with van der Waals surface area (Å²) in [5, 5.41) is 10.5. The standard InChI is InChI=1S/C22H26N2O2/c1-3-9-17-11-5-8-14-21(17)26-16-15-24-19-13-7-6-12-18(19)23-22(24)20(25)10-4-2/h3,5-8,11-14,20,25H,1,4,9-10,15-16H2,2H3/t20-/m1/s1. The number of aliphatic hydroxyl groups excluding tert-OH is 1. The molecular formula is C22H26N2O2. The fourth-order valence-corrected chi connectivity index (χ4v) is 3.20. The third-order valence-corrected chi connectivity index (χ3v) is 4.45. The summed E-state index contributed by atoms with van der Waals surface area (Å²) in [4.78, 5) is 4.65. The first-order valence-electron chi connectivity index (χ1n) is 9.19. The Morgan fingerprint density at radius 1 is 1.19 bits per heavy atom. The van der Waals surface area contributed by atoms with Crippen molar-refractivity contribution in [1.82, 2.24) is 9.55 Å². The normalized spacial score (nSPS) is 12.2. The van der Waals surface area contributed by atoms with Crippen molar-refractivity contribution in [3.63, 3.8) is 0 Å². The first kappa shape index (κ1) is 18.2. The molecule has 1 aromatic heterocycles. The molecule has 3 aromatic rings. The van der Waals surface area contributed by atoms with Crippen molar-refractivity contribution >= 4 is 11.0 Å². The van der Waals surface area contributed by atoms with Crippen molar-refractivity contribution in [2.24, 2.45) is 0 Å². The SMILES string of the molecule is C=CCc1ccccc1OCCn1c([C@H](O)CCC)nc2ccccc21. The summed E-state index contributed by atoms with van der Waals surface area (Å²) in [5.41, 5.74) is 3.06. The number of rotatable bonds is 9. The van der Waals surface area contributed by atoms with Gasteiger partial charge in [0.1, 0.15) is 24.3 Å². The summed E-state index contributed by atoms with van der Waals surface area (Å²) in [6.45, 7) is 7.02. The number of aliphatic hydroxyl groups is 1. The van der Waals surface area contributed by atoms with E-state index in [9.17, 15) is 5.11 Å². The monoisotopic (exact) mass is 350 g/mol. The molecule has 0 fully saturated rings. The Hall–Kier alpha value is -2.59. The van der Waals surface area contributed by atoms with Crippen molar-refractivity contribution in [2.75, 3.05) is 6.61 Å². The van der Waals surface area contributed by atoms with Crippen LogP contribution in [0.1, 0.15) is 37.3 Å². The van der Waals surface area contributed by atoms with E-state index >= 15 is 0 Å². The predicted octanol–water partition coefficient (Wildman–Crippen LogP) is 4.68. The van der Waals surface area contributed by atoms with Crippen LogP contribution >= 0.6 is 0 Å². The van der Waals surface area contributed by atoms with E-state index in [1.54, 1.807) is 0 Å². The molecule has 0 bridgehead atoms. The van der Waals surface area contributed by atoms with Crippen molar-refractivity contribution in [3.8, 4) is 5.75 Å². The maximum absolute atomic E-state index is 10.5. The van der Waals surface area contributed by atoms with Crippen LogP contribution in [-0.2, 0) is 13.0 Å². The van der Waals surface area contributed by atoms with Crippen molar-refractivity contribution in [3.05, 3.63) is 72.6 Å². The second-order valence-electron chi connectivity index (χ2n) is 6.36. The first-order chi connectivity index (χ1) is 12.7. The van der Waals surface area contributed by atoms with E-state index in [-0.39, 0.29) is 0 Å². The number of ether oxygens (including phenoxy) is 1. The Balaban J connectivity index is 1.80. The van der Waals surface area contributed by atoms with Crippen LogP contribution in [0.2, 0.25) is 0 Å². The van der Waals surface area contributed by atoms with Gasteiger partial charge in [0.25, 0.3) is 0 Å². The largest absolute Gasteiger partial charge is 0.491 e. The third kappa shape index (κ3) is 3.97. The van der Waals surface area contributed by atoms with E-state index in [4.69, 9.17) is 4.74 Å². The number of benzene rings is 2. The number of allylic oxidation sites excluding steroid dienone is 1. The maximum atomic E-state index is 10.5. The van der Waals surface area contributed by atoms with Gasteiger partial charge in [0.2, 0.25) is 0 Å². The van der Waals surface area contributed by atoms with Crippen LogP contribution in [0.4, 0.5) is 0 Å². The van der Waals surface area contributed by atoms with Crippen LogP contribution < -0.4 is 4.74 Å². The van der Waals surface area contributed by atoms with Gasteiger partial charge >= 0.3 is 0 Å². The van der Waals surface area contributed by atoms with Gasteiger partial charge in [-0.15, -0.1) is 6.58 Å². The lowest BCUT2D eigenvalue weighted by Gasteiger charge is -2.15. The molecule has 0 aliphatic heterocycles. The van der Waals surface area contributed by atoms with Crippen molar-refractivity contribution in [1.29, 1.82) is 0 Å². The van der Waals surface area contributed by atoms with E-state index < -0.39 is 6.10 Å². The fraction of sp³-hybridized carbons (Fsp3) is 0.318. The summed E-state index contributed by atoms with van der Waals surface area (Å²) in [5.74, 6) is 1.60. The zero-order valence-electron chi connectivity index (χ0n) is 15.3. The minimum Gasteiger partial charge on any atom is -0.491 e. The first-order valence-corrected chi connectivity index (χ1v) is 9.19. The van der Waals surface area contributed by atoms with Gasteiger partial charge in [0.15, 0.2) is 0 Å². The van der Waals surface area contributed by atoms with Gasteiger partial charge in [-0.3, -0.25) is 0 Å². The molecule has 136 valence electrons. The Morgan fingerprint density at radius 3 is 2.77 bits per heavy atom. The highest BCUT2D eigenvalue weighted by molar-refractivity contribution is 5.76. The molecule has 0 saturated heterocycles.